The Balaban J connectivity index is 1.19. The minimum atomic E-state index is -1.84. The molecule has 4 fully saturated rings. The van der Waals surface area contributed by atoms with Gasteiger partial charge in [-0.15, -0.1) is 0 Å². The van der Waals surface area contributed by atoms with Crippen molar-refractivity contribution in [2.24, 2.45) is 23.7 Å². The number of benzene rings is 1. The number of rotatable bonds is 7. The average Bonchev–Trinajstić information content (AvgIpc) is 3.57. The maximum absolute atomic E-state index is 14.3. The van der Waals surface area contributed by atoms with Gasteiger partial charge in [-0.2, -0.15) is 0 Å². The van der Waals surface area contributed by atoms with Gasteiger partial charge >= 0.3 is 11.9 Å². The molecule has 12 nitrogen and oxygen atoms in total. The van der Waals surface area contributed by atoms with Gasteiger partial charge in [0, 0.05) is 38.7 Å². The highest BCUT2D eigenvalue weighted by atomic mass is 19.1. The SMILES string of the molecule is CCC(C)[C@H]1OC2(CC[C@@H]1C)C[C@@H]1C[C@@H](C/C=C(\C)[C@@H](O[C@H]3C[C@H](OC)[C@@H](OC(=O)c4ccc(F)cc4)[C@H](C)O3)[C@@H](C)/C=C/C=C3\CO[C@@H]4[C@H](O)C(C)=C[C@@H](C(=O)O1)[C@]34O)O2. The predicted molar refractivity (Wildman–Crippen MR) is 222 cm³/mol. The molecule has 0 amide bonds. The zero-order valence-electron chi connectivity index (χ0n) is 36.8. The summed E-state index contributed by atoms with van der Waals surface area (Å²) < 4.78 is 64.8. The van der Waals surface area contributed by atoms with E-state index < -0.39 is 84.1 Å². The molecular weight excluding hydrogens is 788 g/mol. The first-order valence-corrected chi connectivity index (χ1v) is 22.2. The first-order chi connectivity index (χ1) is 29.0. The van der Waals surface area contributed by atoms with E-state index in [0.29, 0.717) is 48.7 Å². The number of hydrogen-bond acceptors (Lipinski definition) is 12. The van der Waals surface area contributed by atoms with E-state index in [1.165, 1.54) is 24.3 Å². The number of aliphatic hydroxyl groups excluding tert-OH is 1. The molecule has 6 aliphatic rings. The van der Waals surface area contributed by atoms with E-state index in [0.717, 1.165) is 18.4 Å². The minimum absolute atomic E-state index is 0.0191. The van der Waals surface area contributed by atoms with Gasteiger partial charge in [-0.25, -0.2) is 9.18 Å². The second-order valence-electron chi connectivity index (χ2n) is 18.4. The number of fused-ring (bicyclic) bond motifs is 2. The van der Waals surface area contributed by atoms with Crippen molar-refractivity contribution in [2.45, 2.75) is 166 Å². The molecular formula is C48H65FO12. The monoisotopic (exact) mass is 852 g/mol. The third-order valence-electron chi connectivity index (χ3n) is 14.0. The van der Waals surface area contributed by atoms with Crippen LogP contribution in [0, 0.1) is 29.5 Å². The van der Waals surface area contributed by atoms with E-state index in [1.807, 2.05) is 26.0 Å². The Hall–Kier alpha value is -3.27. The van der Waals surface area contributed by atoms with Gasteiger partial charge in [0.05, 0.1) is 36.6 Å². The van der Waals surface area contributed by atoms with Crippen molar-refractivity contribution >= 4 is 11.9 Å². The van der Waals surface area contributed by atoms with Crippen LogP contribution in [0.15, 0.2) is 71.4 Å². The summed E-state index contributed by atoms with van der Waals surface area (Å²) in [5, 5.41) is 23.7. The first kappa shape index (κ1) is 45.7. The fourth-order valence-electron chi connectivity index (χ4n) is 10.2. The van der Waals surface area contributed by atoms with Crippen molar-refractivity contribution in [1.82, 2.24) is 0 Å². The van der Waals surface area contributed by atoms with Crippen LogP contribution in [0.3, 0.4) is 0 Å². The van der Waals surface area contributed by atoms with Gasteiger partial charge in [0.2, 0.25) is 0 Å². The lowest BCUT2D eigenvalue weighted by Crippen LogP contribution is -2.58. The van der Waals surface area contributed by atoms with Crippen LogP contribution < -0.4 is 0 Å². The quantitative estimate of drug-likeness (QED) is 0.214. The number of methoxy groups -OCH3 is 1. The number of esters is 2. The number of halogens is 1. The van der Waals surface area contributed by atoms with Crippen LogP contribution in [0.5, 0.6) is 0 Å². The Labute approximate surface area is 359 Å². The molecule has 5 heterocycles. The van der Waals surface area contributed by atoms with Crippen LogP contribution in [0.1, 0.15) is 104 Å². The smallest absolute Gasteiger partial charge is 0.338 e. The molecule has 1 aromatic carbocycles. The van der Waals surface area contributed by atoms with Crippen molar-refractivity contribution < 1.29 is 62.1 Å². The van der Waals surface area contributed by atoms with E-state index in [4.69, 9.17) is 37.9 Å². The summed E-state index contributed by atoms with van der Waals surface area (Å²) in [5.74, 6) is -3.29. The van der Waals surface area contributed by atoms with E-state index in [2.05, 4.69) is 26.8 Å². The van der Waals surface area contributed by atoms with E-state index >= 15 is 0 Å². The summed E-state index contributed by atoms with van der Waals surface area (Å²) in [5.41, 5.74) is 0.295. The second kappa shape index (κ2) is 18.8. The molecule has 1 aromatic rings. The van der Waals surface area contributed by atoms with Crippen LogP contribution in [-0.2, 0) is 42.7 Å². The lowest BCUT2D eigenvalue weighted by molar-refractivity contribution is -0.340. The molecule has 4 saturated heterocycles. The van der Waals surface area contributed by atoms with Gasteiger partial charge in [0.1, 0.15) is 41.8 Å². The zero-order valence-corrected chi connectivity index (χ0v) is 36.8. The molecule has 13 heteroatoms. The van der Waals surface area contributed by atoms with Gasteiger partial charge in [-0.3, -0.25) is 4.79 Å². The molecule has 0 radical (unpaired) electrons. The number of ether oxygens (including phenoxy) is 8. The van der Waals surface area contributed by atoms with Crippen LogP contribution in [0.25, 0.3) is 0 Å². The van der Waals surface area contributed by atoms with Gasteiger partial charge < -0.3 is 48.1 Å². The maximum atomic E-state index is 14.3. The Bertz CT molecular complexity index is 1860. The molecule has 0 aromatic heterocycles. The molecule has 16 atom stereocenters. The standard InChI is InChI=1S/C48H65FO12/c1-9-26(2)42-29(5)19-20-47(61-42)24-36-22-35(60-47)18-13-28(4)41(58-39-23-38(54-8)43(31(7)56-39)59-45(51)32-14-16-34(49)17-15-32)27(3)11-10-12-33-25-55-44-40(50)30(6)21-37(46(52)57-36)48(33,44)53/h10-17,21,26-27,29,31,35-44,50,53H,9,18-20,22-25H2,1-8H3/b11-10+,28-13+,33-12+/t26?,27-,29-,31-,35+,36-,37-,38-,39-,40+,41-,42+,43-,44+,47?,48+/m0/s1. The predicted octanol–water partition coefficient (Wildman–Crippen LogP) is 7.07. The van der Waals surface area contributed by atoms with Crippen LogP contribution in [0.4, 0.5) is 4.39 Å². The van der Waals surface area contributed by atoms with Crippen LogP contribution >= 0.6 is 0 Å². The number of aliphatic hydroxyl groups is 2. The third kappa shape index (κ3) is 9.50. The summed E-state index contributed by atoms with van der Waals surface area (Å²) in [6.45, 7) is 14.2. The second-order valence-corrected chi connectivity index (χ2v) is 18.4. The van der Waals surface area contributed by atoms with Crippen LogP contribution in [-0.4, -0.2) is 108 Å². The normalized spacial score (nSPS) is 43.4. The molecule has 2 bridgehead atoms. The Morgan fingerprint density at radius 3 is 2.54 bits per heavy atom. The average molecular weight is 853 g/mol. The lowest BCUT2D eigenvalue weighted by atomic mass is 9.71. The Morgan fingerprint density at radius 1 is 1.07 bits per heavy atom. The summed E-state index contributed by atoms with van der Waals surface area (Å²) in [6, 6.07) is 5.17. The molecule has 0 saturated carbocycles. The molecule has 61 heavy (non-hydrogen) atoms. The van der Waals surface area contributed by atoms with E-state index in [-0.39, 0.29) is 36.7 Å². The minimum Gasteiger partial charge on any atom is -0.462 e. The van der Waals surface area contributed by atoms with Gasteiger partial charge in [0.25, 0.3) is 0 Å². The first-order valence-electron chi connectivity index (χ1n) is 22.2. The fraction of sp³-hybridized carbons (Fsp3) is 0.667. The Morgan fingerprint density at radius 2 is 1.82 bits per heavy atom. The van der Waals surface area contributed by atoms with E-state index in [9.17, 15) is 24.2 Å². The highest BCUT2D eigenvalue weighted by molar-refractivity contribution is 5.89. The number of carbonyl (C=O) groups is 2. The topological polar surface area (TPSA) is 148 Å². The van der Waals surface area contributed by atoms with Crippen LogP contribution in [0.2, 0.25) is 0 Å². The van der Waals surface area contributed by atoms with Crippen molar-refractivity contribution in [2.75, 3.05) is 13.7 Å². The van der Waals surface area contributed by atoms with Gasteiger partial charge in [-0.1, -0.05) is 64.5 Å². The highest BCUT2D eigenvalue weighted by Gasteiger charge is 2.60. The largest absolute Gasteiger partial charge is 0.462 e. The fourth-order valence-corrected chi connectivity index (χ4v) is 10.2. The number of allylic oxidation sites excluding steroid dienone is 2. The molecule has 1 spiro atoms. The molecule has 336 valence electrons. The molecule has 2 N–H and O–H groups in total. The van der Waals surface area contributed by atoms with Crippen molar-refractivity contribution in [3.63, 3.8) is 0 Å². The third-order valence-corrected chi connectivity index (χ3v) is 14.0. The molecule has 5 aliphatic heterocycles. The van der Waals surface area contributed by atoms with Crippen molar-refractivity contribution in [3.8, 4) is 0 Å². The Kier molecular flexibility index (Phi) is 14.1. The maximum Gasteiger partial charge on any atom is 0.338 e. The summed E-state index contributed by atoms with van der Waals surface area (Å²) >= 11 is 0. The molecule has 1 aliphatic carbocycles. The van der Waals surface area contributed by atoms with E-state index in [1.54, 1.807) is 33.1 Å². The van der Waals surface area contributed by atoms with Gasteiger partial charge in [-0.05, 0) is 86.4 Å². The molecule has 2 unspecified atom stereocenters. The summed E-state index contributed by atoms with van der Waals surface area (Å²) in [6.07, 6.45) is 7.10. The lowest BCUT2D eigenvalue weighted by Gasteiger charge is -2.51. The number of hydrogen-bond donors (Lipinski definition) is 2. The van der Waals surface area contributed by atoms with Crippen molar-refractivity contribution in [1.29, 1.82) is 0 Å². The molecule has 7 rings (SSSR count). The summed E-state index contributed by atoms with van der Waals surface area (Å²) in [7, 11) is 1.55. The summed E-state index contributed by atoms with van der Waals surface area (Å²) in [4.78, 5) is 27.4. The zero-order chi connectivity index (χ0) is 43.8. The van der Waals surface area contributed by atoms with Gasteiger partial charge in [0.15, 0.2) is 18.2 Å². The number of carbonyl (C=O) groups excluding carboxylic acids is 2. The van der Waals surface area contributed by atoms with Crippen molar-refractivity contribution in [3.05, 3.63) is 82.7 Å². The highest BCUT2D eigenvalue weighted by Crippen LogP contribution is 2.48.